The quantitative estimate of drug-likeness (QED) is 0.223. The average Bonchev–Trinajstić information content (AvgIpc) is 3.15. The first-order chi connectivity index (χ1) is 14.6. The lowest BCUT2D eigenvalue weighted by Crippen LogP contribution is -2.23. The van der Waals surface area contributed by atoms with E-state index in [1.165, 1.54) is 6.92 Å². The highest BCUT2D eigenvalue weighted by atomic mass is 19.4. The molecule has 0 aliphatic carbocycles. The predicted octanol–water partition coefficient (Wildman–Crippen LogP) is 1.79. The number of benzene rings is 1. The third kappa shape index (κ3) is 7.96. The Morgan fingerprint density at radius 1 is 1.23 bits per heavy atom. The molecule has 1 heterocycles. The number of anilines is 2. The van der Waals surface area contributed by atoms with Crippen LogP contribution in [-0.4, -0.2) is 43.5 Å². The van der Waals surface area contributed by atoms with E-state index in [1.54, 1.807) is 0 Å². The van der Waals surface area contributed by atoms with Gasteiger partial charge in [0.25, 0.3) is 0 Å². The van der Waals surface area contributed by atoms with Gasteiger partial charge in [-0.3, -0.25) is 14.6 Å². The van der Waals surface area contributed by atoms with Crippen LogP contribution in [0.3, 0.4) is 0 Å². The Morgan fingerprint density at radius 2 is 1.90 bits per heavy atom. The first kappa shape index (κ1) is 24.3. The number of carbonyl (C=O) groups excluding carboxylic acids is 2. The summed E-state index contributed by atoms with van der Waals surface area (Å²) in [7, 11) is 0. The lowest BCUT2D eigenvalue weighted by atomic mass is 10.1. The second kappa shape index (κ2) is 10.8. The number of aliphatic imine (C=N–C) groups is 1. The number of nitrogens with zero attached hydrogens (tertiary/aromatic N) is 1. The fourth-order valence-electron chi connectivity index (χ4n) is 3.01. The van der Waals surface area contributed by atoms with Crippen molar-refractivity contribution >= 4 is 29.1 Å². The minimum Gasteiger partial charge on any atom is -0.485 e. The zero-order chi connectivity index (χ0) is 23.0. The molecule has 2 rings (SSSR count). The molecule has 0 spiro atoms. The number of carbonyl (C=O) groups is 2. The van der Waals surface area contributed by atoms with E-state index in [9.17, 15) is 22.8 Å². The van der Waals surface area contributed by atoms with E-state index in [4.69, 9.17) is 16.2 Å². The summed E-state index contributed by atoms with van der Waals surface area (Å²) >= 11 is 0. The summed E-state index contributed by atoms with van der Waals surface area (Å²) in [5, 5.41) is 7.95. The maximum atomic E-state index is 13.4. The van der Waals surface area contributed by atoms with Gasteiger partial charge in [-0.15, -0.1) is 0 Å². The van der Waals surface area contributed by atoms with Crippen LogP contribution in [0, 0.1) is 0 Å². The standard InChI is InChI=1S/C19H27F3N6O3/c1-11(29)27-14-8-12(19(20,21)22)9-15(17(14)31-13-5-7-25-10-13)28-16(30)4-2-3-6-26-18(23)24/h8-9,13,25H,2-7,10H2,1H3,(H,27,29)(H,28,30)(H4,23,24,26)/t13-/m1/s1. The average molecular weight is 444 g/mol. The van der Waals surface area contributed by atoms with Gasteiger partial charge in [0.15, 0.2) is 11.7 Å². The molecular formula is C19H27F3N6O3. The van der Waals surface area contributed by atoms with Gasteiger partial charge in [-0.2, -0.15) is 13.2 Å². The molecule has 1 saturated heterocycles. The Kier molecular flexibility index (Phi) is 8.48. The van der Waals surface area contributed by atoms with Crippen molar-refractivity contribution in [1.82, 2.24) is 5.32 Å². The first-order valence-corrected chi connectivity index (χ1v) is 9.81. The molecule has 172 valence electrons. The monoisotopic (exact) mass is 444 g/mol. The molecule has 0 saturated carbocycles. The summed E-state index contributed by atoms with van der Waals surface area (Å²) in [5.74, 6) is -1.12. The molecule has 31 heavy (non-hydrogen) atoms. The number of rotatable bonds is 9. The summed E-state index contributed by atoms with van der Waals surface area (Å²) < 4.78 is 46.1. The molecule has 0 aromatic heterocycles. The van der Waals surface area contributed by atoms with Gasteiger partial charge >= 0.3 is 6.18 Å². The zero-order valence-electron chi connectivity index (χ0n) is 17.1. The van der Waals surface area contributed by atoms with Gasteiger partial charge in [-0.1, -0.05) is 0 Å². The lowest BCUT2D eigenvalue weighted by molar-refractivity contribution is -0.137. The van der Waals surface area contributed by atoms with Crippen LogP contribution in [0.5, 0.6) is 5.75 Å². The molecular weight excluding hydrogens is 417 g/mol. The Morgan fingerprint density at radius 3 is 2.45 bits per heavy atom. The van der Waals surface area contributed by atoms with Gasteiger partial charge < -0.3 is 32.2 Å². The van der Waals surface area contributed by atoms with E-state index in [0.29, 0.717) is 38.9 Å². The van der Waals surface area contributed by atoms with Crippen molar-refractivity contribution < 1.29 is 27.5 Å². The molecule has 1 aliphatic rings. The smallest absolute Gasteiger partial charge is 0.416 e. The van der Waals surface area contributed by atoms with Crippen molar-refractivity contribution in [3.8, 4) is 5.75 Å². The predicted molar refractivity (Wildman–Crippen MR) is 111 cm³/mol. The second-order valence-corrected chi connectivity index (χ2v) is 7.12. The van der Waals surface area contributed by atoms with E-state index in [-0.39, 0.29) is 35.6 Å². The molecule has 1 aromatic carbocycles. The van der Waals surface area contributed by atoms with Gasteiger partial charge in [0.05, 0.1) is 16.9 Å². The van der Waals surface area contributed by atoms with E-state index >= 15 is 0 Å². The summed E-state index contributed by atoms with van der Waals surface area (Å²) in [6, 6.07) is 1.60. The van der Waals surface area contributed by atoms with Gasteiger partial charge in [0.1, 0.15) is 6.10 Å². The molecule has 1 fully saturated rings. The van der Waals surface area contributed by atoms with E-state index in [1.807, 2.05) is 0 Å². The van der Waals surface area contributed by atoms with Crippen molar-refractivity contribution in [3.05, 3.63) is 17.7 Å². The number of halogens is 3. The van der Waals surface area contributed by atoms with Crippen molar-refractivity contribution in [1.29, 1.82) is 0 Å². The minimum absolute atomic E-state index is 0.00856. The number of ether oxygens (including phenoxy) is 1. The summed E-state index contributed by atoms with van der Waals surface area (Å²) in [6.45, 7) is 2.71. The highest BCUT2D eigenvalue weighted by Gasteiger charge is 2.33. The second-order valence-electron chi connectivity index (χ2n) is 7.12. The van der Waals surface area contributed by atoms with E-state index in [0.717, 1.165) is 12.1 Å². The maximum absolute atomic E-state index is 13.4. The largest absolute Gasteiger partial charge is 0.485 e. The number of alkyl halides is 3. The molecule has 9 nitrogen and oxygen atoms in total. The van der Waals surface area contributed by atoms with Crippen LogP contribution in [-0.2, 0) is 15.8 Å². The van der Waals surface area contributed by atoms with Gasteiger partial charge in [0, 0.05) is 26.4 Å². The SMILES string of the molecule is CC(=O)Nc1cc(C(F)(F)F)cc(NC(=O)CCCCN=C(N)N)c1O[C@@H]1CCNC1. The molecule has 12 heteroatoms. The Labute approximate surface area is 177 Å². The molecule has 0 unspecified atom stereocenters. The number of hydrogen-bond acceptors (Lipinski definition) is 5. The topological polar surface area (TPSA) is 144 Å². The molecule has 0 radical (unpaired) electrons. The van der Waals surface area contributed by atoms with Crippen molar-refractivity contribution in [3.63, 3.8) is 0 Å². The van der Waals surface area contributed by atoms with Crippen LogP contribution in [0.1, 0.15) is 38.2 Å². The maximum Gasteiger partial charge on any atom is 0.416 e. The summed E-state index contributed by atoms with van der Waals surface area (Å²) in [6.07, 6.45) is -3.33. The molecule has 0 bridgehead atoms. The molecule has 1 aliphatic heterocycles. The number of unbranched alkanes of at least 4 members (excludes halogenated alkanes) is 1. The number of guanidine groups is 1. The van der Waals surface area contributed by atoms with Crippen molar-refractivity contribution in [2.75, 3.05) is 30.3 Å². The van der Waals surface area contributed by atoms with E-state index < -0.39 is 23.6 Å². The highest BCUT2D eigenvalue weighted by Crippen LogP contribution is 2.41. The van der Waals surface area contributed by atoms with Crippen LogP contribution < -0.4 is 32.2 Å². The molecule has 1 aromatic rings. The zero-order valence-corrected chi connectivity index (χ0v) is 17.1. The molecule has 2 amide bonds. The van der Waals surface area contributed by atoms with Crippen LogP contribution >= 0.6 is 0 Å². The van der Waals surface area contributed by atoms with Crippen molar-refractivity contribution in [2.24, 2.45) is 16.5 Å². The van der Waals surface area contributed by atoms with E-state index in [2.05, 4.69) is 20.9 Å². The number of nitrogens with two attached hydrogens (primary N) is 2. The Hall–Kier alpha value is -3.02. The summed E-state index contributed by atoms with van der Waals surface area (Å²) in [5.41, 5.74) is 9.13. The molecule has 7 N–H and O–H groups in total. The van der Waals surface area contributed by atoms with Crippen molar-refractivity contribution in [2.45, 2.75) is 44.9 Å². The van der Waals surface area contributed by atoms with Gasteiger partial charge in [-0.25, -0.2) is 0 Å². The van der Waals surface area contributed by atoms with Crippen LogP contribution in [0.4, 0.5) is 24.5 Å². The van der Waals surface area contributed by atoms with Crippen LogP contribution in [0.15, 0.2) is 17.1 Å². The number of nitrogens with one attached hydrogen (secondary N) is 3. The number of amides is 2. The Bertz CT molecular complexity index is 819. The fourth-order valence-corrected chi connectivity index (χ4v) is 3.01. The fraction of sp³-hybridized carbons (Fsp3) is 0.526. The molecule has 1 atom stereocenters. The third-order valence-corrected chi connectivity index (χ3v) is 4.41. The van der Waals surface area contributed by atoms with Crippen LogP contribution in [0.25, 0.3) is 0 Å². The normalized spacial score (nSPS) is 15.9. The van der Waals surface area contributed by atoms with Gasteiger partial charge in [-0.05, 0) is 37.9 Å². The minimum atomic E-state index is -4.68. The third-order valence-electron chi connectivity index (χ3n) is 4.41. The number of hydrogen-bond donors (Lipinski definition) is 5. The first-order valence-electron chi connectivity index (χ1n) is 9.81. The highest BCUT2D eigenvalue weighted by molar-refractivity contribution is 5.97. The lowest BCUT2D eigenvalue weighted by Gasteiger charge is -2.22. The summed E-state index contributed by atoms with van der Waals surface area (Å²) in [4.78, 5) is 27.7. The van der Waals surface area contributed by atoms with Crippen LogP contribution in [0.2, 0.25) is 0 Å². The van der Waals surface area contributed by atoms with Gasteiger partial charge in [0.2, 0.25) is 11.8 Å². The Balaban J connectivity index is 2.26.